The average Bonchev–Trinajstić information content (AvgIpc) is 2.97. The number of hydrogen-bond donors (Lipinski definition) is 1. The predicted molar refractivity (Wildman–Crippen MR) is 87.1 cm³/mol. The molecule has 2 aromatic heterocycles. The van der Waals surface area contributed by atoms with Gasteiger partial charge in [0, 0.05) is 11.8 Å². The highest BCUT2D eigenvalue weighted by molar-refractivity contribution is 5.91. The maximum Gasteiger partial charge on any atom is 0.225 e. The molecule has 114 valence electrons. The second kappa shape index (κ2) is 6.28. The quantitative estimate of drug-likeness (QED) is 0.803. The Morgan fingerprint density at radius 2 is 2.13 bits per heavy atom. The first kappa shape index (κ1) is 14.7. The lowest BCUT2D eigenvalue weighted by molar-refractivity contribution is -0.116. The number of nitrogens with zero attached hydrogens (tertiary/aromatic N) is 4. The van der Waals surface area contributed by atoms with Gasteiger partial charge in [-0.1, -0.05) is 25.1 Å². The van der Waals surface area contributed by atoms with Gasteiger partial charge in [-0.25, -0.2) is 4.98 Å². The molecule has 0 atom stereocenters. The summed E-state index contributed by atoms with van der Waals surface area (Å²) in [5, 5.41) is 17.2. The van der Waals surface area contributed by atoms with Gasteiger partial charge in [0.05, 0.1) is 11.7 Å². The van der Waals surface area contributed by atoms with E-state index in [1.165, 1.54) is 10.9 Å². The summed E-state index contributed by atoms with van der Waals surface area (Å²) in [7, 11) is 0. The maximum atomic E-state index is 11.9. The first-order chi connectivity index (χ1) is 11.2. The number of aromatic nitrogens is 3. The Hall–Kier alpha value is -3.20. The first-order valence-corrected chi connectivity index (χ1v) is 7.37. The van der Waals surface area contributed by atoms with E-state index < -0.39 is 0 Å². The number of anilines is 1. The molecule has 3 rings (SSSR count). The Kier molecular flexibility index (Phi) is 4.02. The second-order valence-electron chi connectivity index (χ2n) is 5.09. The van der Waals surface area contributed by atoms with Gasteiger partial charge in [0.1, 0.15) is 11.6 Å². The standard InChI is InChI=1S/C17H15N5O/c1-2-5-16(23)21-17-13(10-18)11-19-22(17)15-9-8-12-6-3-4-7-14(12)20-15/h3-4,6-9,11H,2,5H2,1H3,(H,21,23). The zero-order chi connectivity index (χ0) is 16.2. The molecule has 0 aliphatic carbocycles. The number of hydrogen-bond acceptors (Lipinski definition) is 4. The van der Waals surface area contributed by atoms with E-state index in [9.17, 15) is 10.1 Å². The van der Waals surface area contributed by atoms with Gasteiger partial charge in [0.2, 0.25) is 5.91 Å². The van der Waals surface area contributed by atoms with Crippen LogP contribution in [0.25, 0.3) is 16.7 Å². The lowest BCUT2D eigenvalue weighted by atomic mass is 10.2. The van der Waals surface area contributed by atoms with E-state index in [1.807, 2.05) is 49.4 Å². The van der Waals surface area contributed by atoms with E-state index in [4.69, 9.17) is 0 Å². The molecule has 1 amide bonds. The number of pyridine rings is 1. The minimum atomic E-state index is -0.147. The van der Waals surface area contributed by atoms with Crippen molar-refractivity contribution >= 4 is 22.6 Å². The van der Waals surface area contributed by atoms with Crippen LogP contribution in [0.4, 0.5) is 5.82 Å². The van der Waals surface area contributed by atoms with Crippen molar-refractivity contribution in [1.29, 1.82) is 5.26 Å². The van der Waals surface area contributed by atoms with Crippen LogP contribution in [0.3, 0.4) is 0 Å². The van der Waals surface area contributed by atoms with Crippen molar-refractivity contribution in [2.75, 3.05) is 5.32 Å². The van der Waals surface area contributed by atoms with E-state index in [2.05, 4.69) is 15.4 Å². The van der Waals surface area contributed by atoms with Crippen molar-refractivity contribution in [3.05, 3.63) is 48.2 Å². The monoisotopic (exact) mass is 305 g/mol. The Bertz CT molecular complexity index is 907. The van der Waals surface area contributed by atoms with Crippen molar-refractivity contribution in [3.63, 3.8) is 0 Å². The third kappa shape index (κ3) is 2.90. The summed E-state index contributed by atoms with van der Waals surface area (Å²) < 4.78 is 1.48. The molecule has 0 unspecified atom stereocenters. The summed E-state index contributed by atoms with van der Waals surface area (Å²) in [6, 6.07) is 13.5. The Balaban J connectivity index is 2.06. The number of rotatable bonds is 4. The van der Waals surface area contributed by atoms with Gasteiger partial charge in [-0.2, -0.15) is 15.0 Å². The fourth-order valence-corrected chi connectivity index (χ4v) is 2.32. The number of nitrogens with one attached hydrogen (secondary N) is 1. The Morgan fingerprint density at radius 1 is 1.30 bits per heavy atom. The molecule has 0 radical (unpaired) electrons. The van der Waals surface area contributed by atoms with E-state index in [-0.39, 0.29) is 5.91 Å². The number of fused-ring (bicyclic) bond motifs is 1. The third-order valence-corrected chi connectivity index (χ3v) is 3.43. The summed E-state index contributed by atoms with van der Waals surface area (Å²) in [5.41, 5.74) is 1.13. The molecule has 1 N–H and O–H groups in total. The first-order valence-electron chi connectivity index (χ1n) is 7.37. The van der Waals surface area contributed by atoms with Crippen LogP contribution in [0, 0.1) is 11.3 Å². The minimum Gasteiger partial charge on any atom is -0.309 e. The molecule has 3 aromatic rings. The van der Waals surface area contributed by atoms with Crippen LogP contribution >= 0.6 is 0 Å². The summed E-state index contributed by atoms with van der Waals surface area (Å²) in [5.74, 6) is 0.761. The van der Waals surface area contributed by atoms with Gasteiger partial charge < -0.3 is 5.32 Å². The van der Waals surface area contributed by atoms with E-state index in [0.717, 1.165) is 17.3 Å². The van der Waals surface area contributed by atoms with E-state index in [0.29, 0.717) is 23.6 Å². The van der Waals surface area contributed by atoms with Crippen LogP contribution in [-0.2, 0) is 4.79 Å². The second-order valence-corrected chi connectivity index (χ2v) is 5.09. The number of amides is 1. The Labute approximate surface area is 133 Å². The van der Waals surface area contributed by atoms with Crippen LogP contribution in [0.2, 0.25) is 0 Å². The topological polar surface area (TPSA) is 83.6 Å². The van der Waals surface area contributed by atoms with Gasteiger partial charge >= 0.3 is 0 Å². The smallest absolute Gasteiger partial charge is 0.225 e. The molecular formula is C17H15N5O. The van der Waals surface area contributed by atoms with E-state index >= 15 is 0 Å². The van der Waals surface area contributed by atoms with Crippen molar-refractivity contribution in [1.82, 2.24) is 14.8 Å². The number of carbonyl (C=O) groups is 1. The van der Waals surface area contributed by atoms with Gasteiger partial charge in [-0.05, 0) is 24.6 Å². The summed E-state index contributed by atoms with van der Waals surface area (Å²) in [6.45, 7) is 1.92. The highest BCUT2D eigenvalue weighted by Gasteiger charge is 2.15. The highest BCUT2D eigenvalue weighted by Crippen LogP contribution is 2.21. The molecule has 0 aliphatic rings. The van der Waals surface area contributed by atoms with Crippen LogP contribution < -0.4 is 5.32 Å². The fraction of sp³-hybridized carbons (Fsp3) is 0.176. The van der Waals surface area contributed by atoms with Crippen LogP contribution in [0.5, 0.6) is 0 Å². The van der Waals surface area contributed by atoms with Crippen molar-refractivity contribution < 1.29 is 4.79 Å². The van der Waals surface area contributed by atoms with Crippen LogP contribution in [0.15, 0.2) is 42.6 Å². The van der Waals surface area contributed by atoms with Gasteiger partial charge in [0.25, 0.3) is 0 Å². The minimum absolute atomic E-state index is 0.147. The molecule has 0 saturated heterocycles. The normalized spacial score (nSPS) is 10.4. The average molecular weight is 305 g/mol. The Morgan fingerprint density at radius 3 is 2.91 bits per heavy atom. The van der Waals surface area contributed by atoms with Crippen LogP contribution in [-0.4, -0.2) is 20.7 Å². The zero-order valence-corrected chi connectivity index (χ0v) is 12.7. The molecule has 0 aliphatic heterocycles. The molecule has 0 fully saturated rings. The summed E-state index contributed by atoms with van der Waals surface area (Å²) >= 11 is 0. The number of carbonyl (C=O) groups excluding carboxylic acids is 1. The molecule has 6 heteroatoms. The van der Waals surface area contributed by atoms with Gasteiger partial charge in [-0.15, -0.1) is 0 Å². The van der Waals surface area contributed by atoms with Crippen LogP contribution in [0.1, 0.15) is 25.3 Å². The molecule has 23 heavy (non-hydrogen) atoms. The molecule has 0 saturated carbocycles. The summed E-state index contributed by atoms with van der Waals surface area (Å²) in [4.78, 5) is 16.4. The lowest BCUT2D eigenvalue weighted by Gasteiger charge is -2.09. The molecule has 0 spiro atoms. The van der Waals surface area contributed by atoms with Crippen molar-refractivity contribution in [2.45, 2.75) is 19.8 Å². The summed E-state index contributed by atoms with van der Waals surface area (Å²) in [6.07, 6.45) is 2.55. The SMILES string of the molecule is CCCC(=O)Nc1c(C#N)cnn1-c1ccc2ccccc2n1. The fourth-order valence-electron chi connectivity index (χ4n) is 2.32. The lowest BCUT2D eigenvalue weighted by Crippen LogP contribution is -2.15. The maximum absolute atomic E-state index is 11.9. The largest absolute Gasteiger partial charge is 0.309 e. The third-order valence-electron chi connectivity index (χ3n) is 3.43. The number of para-hydroxylation sites is 1. The van der Waals surface area contributed by atoms with Crippen molar-refractivity contribution in [2.24, 2.45) is 0 Å². The molecule has 2 heterocycles. The van der Waals surface area contributed by atoms with Crippen molar-refractivity contribution in [3.8, 4) is 11.9 Å². The molecule has 6 nitrogen and oxygen atoms in total. The van der Waals surface area contributed by atoms with E-state index in [1.54, 1.807) is 0 Å². The highest BCUT2D eigenvalue weighted by atomic mass is 16.1. The molecule has 1 aromatic carbocycles. The molecular weight excluding hydrogens is 290 g/mol. The number of nitriles is 1. The van der Waals surface area contributed by atoms with Gasteiger partial charge in [0.15, 0.2) is 11.6 Å². The number of benzene rings is 1. The van der Waals surface area contributed by atoms with Gasteiger partial charge in [-0.3, -0.25) is 4.79 Å². The molecule has 0 bridgehead atoms. The zero-order valence-electron chi connectivity index (χ0n) is 12.7. The predicted octanol–water partition coefficient (Wildman–Crippen LogP) is 3.03.